The number of nitrogens with zero attached hydrogens (tertiary/aromatic N) is 1. The second kappa shape index (κ2) is 5.24. The fourth-order valence-corrected chi connectivity index (χ4v) is 2.94. The Morgan fingerprint density at radius 3 is 2.95 bits per heavy atom. The quantitative estimate of drug-likeness (QED) is 0.875. The number of aromatic amines is 1. The molecule has 0 radical (unpaired) electrons. The van der Waals surface area contributed by atoms with Crippen LogP contribution in [0.4, 0.5) is 0 Å². The lowest BCUT2D eigenvalue weighted by Gasteiger charge is -2.32. The number of aromatic nitrogens is 1. The molecule has 1 saturated heterocycles. The van der Waals surface area contributed by atoms with Crippen molar-refractivity contribution in [3.05, 3.63) is 35.5 Å². The Bertz CT molecular complexity index is 705. The van der Waals surface area contributed by atoms with Gasteiger partial charge in [-0.25, -0.2) is 0 Å². The minimum absolute atomic E-state index is 0.00482. The van der Waals surface area contributed by atoms with Gasteiger partial charge >= 0.3 is 0 Å². The summed E-state index contributed by atoms with van der Waals surface area (Å²) in [7, 11) is 0. The average Bonchev–Trinajstić information content (AvgIpc) is 2.78. The van der Waals surface area contributed by atoms with Crippen molar-refractivity contribution >= 4 is 22.7 Å². The fourth-order valence-electron chi connectivity index (χ4n) is 2.94. The van der Waals surface area contributed by atoms with Gasteiger partial charge in [0.15, 0.2) is 0 Å². The lowest BCUT2D eigenvalue weighted by Crippen LogP contribution is -2.56. The van der Waals surface area contributed by atoms with Crippen LogP contribution in [-0.2, 0) is 16.0 Å². The van der Waals surface area contributed by atoms with Gasteiger partial charge in [0.1, 0.15) is 6.04 Å². The lowest BCUT2D eigenvalue weighted by atomic mass is 10.1. The Morgan fingerprint density at radius 2 is 2.14 bits per heavy atom. The van der Waals surface area contributed by atoms with Crippen LogP contribution in [0, 0.1) is 6.92 Å². The Morgan fingerprint density at radius 1 is 1.38 bits per heavy atom. The molecule has 0 aliphatic carbocycles. The standard InChI is InChI=1S/C16H19N3O2/c1-10-13(12-5-3-4-6-14(12)18-10)9-15(20)19-8-7-17-16(21)11(19)2/h3-6,11,18H,7-9H2,1-2H3,(H,17,21). The van der Waals surface area contributed by atoms with Crippen molar-refractivity contribution in [3.8, 4) is 0 Å². The lowest BCUT2D eigenvalue weighted by molar-refractivity contribution is -0.142. The normalized spacial score (nSPS) is 18.9. The summed E-state index contributed by atoms with van der Waals surface area (Å²) < 4.78 is 0. The van der Waals surface area contributed by atoms with Crippen LogP contribution in [0.25, 0.3) is 10.9 Å². The molecule has 2 heterocycles. The third kappa shape index (κ3) is 2.39. The summed E-state index contributed by atoms with van der Waals surface area (Å²) in [4.78, 5) is 29.2. The van der Waals surface area contributed by atoms with Crippen molar-refractivity contribution in [3.63, 3.8) is 0 Å². The maximum Gasteiger partial charge on any atom is 0.242 e. The summed E-state index contributed by atoms with van der Waals surface area (Å²) in [5.74, 6) is -0.0737. The molecule has 1 aliphatic heterocycles. The molecule has 1 aliphatic rings. The molecule has 5 nitrogen and oxygen atoms in total. The zero-order valence-corrected chi connectivity index (χ0v) is 12.3. The molecule has 1 aromatic heterocycles. The first-order valence-electron chi connectivity index (χ1n) is 7.21. The first-order chi connectivity index (χ1) is 10.1. The number of rotatable bonds is 2. The topological polar surface area (TPSA) is 65.2 Å². The summed E-state index contributed by atoms with van der Waals surface area (Å²) in [6, 6.07) is 7.58. The van der Waals surface area contributed by atoms with E-state index in [-0.39, 0.29) is 11.8 Å². The first kappa shape index (κ1) is 13.7. The second-order valence-corrected chi connectivity index (χ2v) is 5.51. The van der Waals surface area contributed by atoms with Gasteiger partial charge in [-0.05, 0) is 25.5 Å². The Balaban J connectivity index is 1.86. The summed E-state index contributed by atoms with van der Waals surface area (Å²) in [5.41, 5.74) is 3.08. The van der Waals surface area contributed by atoms with E-state index in [1.165, 1.54) is 0 Å². The molecule has 110 valence electrons. The van der Waals surface area contributed by atoms with Crippen LogP contribution in [0.5, 0.6) is 0 Å². The molecule has 5 heteroatoms. The number of para-hydroxylation sites is 1. The van der Waals surface area contributed by atoms with E-state index < -0.39 is 6.04 Å². The molecule has 0 bridgehead atoms. The molecule has 1 atom stereocenters. The number of hydrogen-bond acceptors (Lipinski definition) is 2. The number of carbonyl (C=O) groups is 2. The molecule has 1 unspecified atom stereocenters. The highest BCUT2D eigenvalue weighted by Crippen LogP contribution is 2.23. The van der Waals surface area contributed by atoms with E-state index in [0.29, 0.717) is 19.5 Å². The predicted molar refractivity (Wildman–Crippen MR) is 80.9 cm³/mol. The van der Waals surface area contributed by atoms with E-state index >= 15 is 0 Å². The van der Waals surface area contributed by atoms with Crippen LogP contribution < -0.4 is 5.32 Å². The summed E-state index contributed by atoms with van der Waals surface area (Å²) in [6.07, 6.45) is 0.327. The highest BCUT2D eigenvalue weighted by molar-refractivity contribution is 5.93. The van der Waals surface area contributed by atoms with Crippen LogP contribution in [0.2, 0.25) is 0 Å². The van der Waals surface area contributed by atoms with Crippen molar-refractivity contribution in [2.45, 2.75) is 26.3 Å². The van der Waals surface area contributed by atoms with Crippen molar-refractivity contribution in [1.29, 1.82) is 0 Å². The number of hydrogen-bond donors (Lipinski definition) is 2. The minimum Gasteiger partial charge on any atom is -0.358 e. The Kier molecular flexibility index (Phi) is 3.41. The van der Waals surface area contributed by atoms with Gasteiger partial charge in [0.05, 0.1) is 6.42 Å². The first-order valence-corrected chi connectivity index (χ1v) is 7.21. The van der Waals surface area contributed by atoms with E-state index in [4.69, 9.17) is 0 Å². The number of amides is 2. The molecule has 2 aromatic rings. The fraction of sp³-hybridized carbons (Fsp3) is 0.375. The van der Waals surface area contributed by atoms with Crippen molar-refractivity contribution < 1.29 is 9.59 Å². The molecular formula is C16H19N3O2. The number of fused-ring (bicyclic) bond motifs is 1. The number of aryl methyl sites for hydroxylation is 1. The van der Waals surface area contributed by atoms with Crippen molar-refractivity contribution in [2.24, 2.45) is 0 Å². The van der Waals surface area contributed by atoms with Crippen molar-refractivity contribution in [2.75, 3.05) is 13.1 Å². The number of piperazine rings is 1. The highest BCUT2D eigenvalue weighted by atomic mass is 16.2. The van der Waals surface area contributed by atoms with E-state index in [1.807, 2.05) is 31.2 Å². The zero-order valence-electron chi connectivity index (χ0n) is 12.3. The van der Waals surface area contributed by atoms with Gasteiger partial charge in [-0.15, -0.1) is 0 Å². The van der Waals surface area contributed by atoms with E-state index in [0.717, 1.165) is 22.2 Å². The monoisotopic (exact) mass is 285 g/mol. The van der Waals surface area contributed by atoms with Gasteiger partial charge in [0, 0.05) is 29.7 Å². The molecular weight excluding hydrogens is 266 g/mol. The van der Waals surface area contributed by atoms with E-state index in [1.54, 1.807) is 11.8 Å². The maximum absolute atomic E-state index is 12.5. The van der Waals surface area contributed by atoms with Crippen molar-refractivity contribution in [1.82, 2.24) is 15.2 Å². The van der Waals surface area contributed by atoms with Gasteiger partial charge in [-0.2, -0.15) is 0 Å². The largest absolute Gasteiger partial charge is 0.358 e. The third-order valence-corrected chi connectivity index (χ3v) is 4.17. The summed E-state index contributed by atoms with van der Waals surface area (Å²) >= 11 is 0. The smallest absolute Gasteiger partial charge is 0.242 e. The van der Waals surface area contributed by atoms with Gasteiger partial charge in [0.2, 0.25) is 11.8 Å². The van der Waals surface area contributed by atoms with E-state index in [2.05, 4.69) is 10.3 Å². The number of nitrogens with one attached hydrogen (secondary N) is 2. The average molecular weight is 285 g/mol. The minimum atomic E-state index is -0.392. The third-order valence-electron chi connectivity index (χ3n) is 4.17. The summed E-state index contributed by atoms with van der Waals surface area (Å²) in [6.45, 7) is 4.86. The molecule has 2 N–H and O–H groups in total. The molecule has 0 spiro atoms. The van der Waals surface area contributed by atoms with Crippen LogP contribution in [0.1, 0.15) is 18.2 Å². The second-order valence-electron chi connectivity index (χ2n) is 5.51. The van der Waals surface area contributed by atoms with E-state index in [9.17, 15) is 9.59 Å². The van der Waals surface area contributed by atoms with Crippen LogP contribution >= 0.6 is 0 Å². The Hall–Kier alpha value is -2.30. The maximum atomic E-state index is 12.5. The number of benzene rings is 1. The van der Waals surface area contributed by atoms with Crippen LogP contribution in [0.15, 0.2) is 24.3 Å². The SMILES string of the molecule is Cc1[nH]c2ccccc2c1CC(=O)N1CCNC(=O)C1C. The zero-order chi connectivity index (χ0) is 15.0. The van der Waals surface area contributed by atoms with Crippen LogP contribution in [0.3, 0.4) is 0 Å². The van der Waals surface area contributed by atoms with Crippen LogP contribution in [-0.4, -0.2) is 40.8 Å². The summed E-state index contributed by atoms with van der Waals surface area (Å²) in [5, 5.41) is 3.86. The molecule has 2 amide bonds. The number of H-pyrrole nitrogens is 1. The molecule has 3 rings (SSSR count). The van der Waals surface area contributed by atoms with Gasteiger partial charge in [-0.3, -0.25) is 9.59 Å². The van der Waals surface area contributed by atoms with Gasteiger partial charge in [0.25, 0.3) is 0 Å². The predicted octanol–water partition coefficient (Wildman–Crippen LogP) is 1.37. The Labute approximate surface area is 123 Å². The molecule has 1 aromatic carbocycles. The van der Waals surface area contributed by atoms with Gasteiger partial charge < -0.3 is 15.2 Å². The molecule has 0 saturated carbocycles. The number of carbonyl (C=O) groups excluding carboxylic acids is 2. The van der Waals surface area contributed by atoms with Gasteiger partial charge in [-0.1, -0.05) is 18.2 Å². The molecule has 21 heavy (non-hydrogen) atoms. The highest BCUT2D eigenvalue weighted by Gasteiger charge is 2.29. The molecule has 1 fully saturated rings.